The molecule has 1 aromatic heterocycles. The third-order valence-electron chi connectivity index (χ3n) is 6.70. The second kappa shape index (κ2) is 9.79. The molecule has 1 fully saturated rings. The van der Waals surface area contributed by atoms with E-state index in [1.165, 1.54) is 18.2 Å². The number of nitrogens with zero attached hydrogens (tertiary/aromatic N) is 2. The first-order valence-electron chi connectivity index (χ1n) is 11.1. The zero-order valence-electron chi connectivity index (χ0n) is 19.3. The monoisotopic (exact) mass is 521 g/mol. The van der Waals surface area contributed by atoms with Crippen LogP contribution >= 0.6 is 11.6 Å². The number of sulfonamides is 1. The first kappa shape index (κ1) is 25.5. The van der Waals surface area contributed by atoms with Crippen LogP contribution in [0.25, 0.3) is 11.1 Å². The van der Waals surface area contributed by atoms with Gasteiger partial charge in [0, 0.05) is 28.8 Å². The summed E-state index contributed by atoms with van der Waals surface area (Å²) in [6.07, 6.45) is 4.14. The SMILES string of the molecule is C[C@H]1C[C@H](NS(C)(=O)=O)C[C@@]1(Cc1ccc(F)c(-c2cccc(F)c2O)c1)c1nccc(CCl)n1. The number of halogens is 3. The summed E-state index contributed by atoms with van der Waals surface area (Å²) in [7, 11) is -3.43. The Balaban J connectivity index is 1.79. The molecule has 3 atom stereocenters. The Morgan fingerprint density at radius 1 is 1.17 bits per heavy atom. The number of aromatic hydroxyl groups is 1. The van der Waals surface area contributed by atoms with Gasteiger partial charge in [-0.05, 0) is 55.0 Å². The van der Waals surface area contributed by atoms with Gasteiger partial charge >= 0.3 is 0 Å². The molecule has 186 valence electrons. The lowest BCUT2D eigenvalue weighted by atomic mass is 9.72. The third kappa shape index (κ3) is 5.32. The third-order valence-corrected chi connectivity index (χ3v) is 7.73. The van der Waals surface area contributed by atoms with Gasteiger partial charge in [-0.2, -0.15) is 0 Å². The molecule has 4 rings (SSSR count). The van der Waals surface area contributed by atoms with Crippen molar-refractivity contribution in [3.05, 3.63) is 77.4 Å². The summed E-state index contributed by atoms with van der Waals surface area (Å²) in [4.78, 5) is 9.20. The van der Waals surface area contributed by atoms with E-state index in [1.807, 2.05) is 6.92 Å². The fourth-order valence-electron chi connectivity index (χ4n) is 5.10. The average molecular weight is 522 g/mol. The number of aromatic nitrogens is 2. The summed E-state index contributed by atoms with van der Waals surface area (Å²) in [6, 6.07) is 9.86. The van der Waals surface area contributed by atoms with Gasteiger partial charge < -0.3 is 5.11 Å². The minimum atomic E-state index is -3.43. The van der Waals surface area contributed by atoms with Crippen molar-refractivity contribution in [2.45, 2.75) is 43.5 Å². The number of para-hydroxylation sites is 1. The smallest absolute Gasteiger partial charge is 0.208 e. The summed E-state index contributed by atoms with van der Waals surface area (Å²) in [6.45, 7) is 2.02. The quantitative estimate of drug-likeness (QED) is 0.440. The fourth-order valence-corrected chi connectivity index (χ4v) is 6.04. The van der Waals surface area contributed by atoms with Crippen LogP contribution in [0.15, 0.2) is 48.7 Å². The van der Waals surface area contributed by atoms with Crippen LogP contribution in [0.1, 0.15) is 36.8 Å². The topological polar surface area (TPSA) is 92.2 Å². The number of phenolic OH excluding ortho intramolecular Hbond substituents is 1. The van der Waals surface area contributed by atoms with E-state index >= 15 is 0 Å². The molecule has 1 saturated carbocycles. The molecule has 3 aromatic rings. The largest absolute Gasteiger partial charge is 0.504 e. The molecule has 0 aliphatic heterocycles. The summed E-state index contributed by atoms with van der Waals surface area (Å²) in [5.74, 6) is -1.34. The highest BCUT2D eigenvalue weighted by molar-refractivity contribution is 7.88. The first-order chi connectivity index (χ1) is 16.5. The molecule has 0 unspecified atom stereocenters. The van der Waals surface area contributed by atoms with Crippen molar-refractivity contribution in [3.63, 3.8) is 0 Å². The maximum atomic E-state index is 14.8. The van der Waals surface area contributed by atoms with Crippen molar-refractivity contribution in [2.24, 2.45) is 5.92 Å². The van der Waals surface area contributed by atoms with Gasteiger partial charge in [0.25, 0.3) is 0 Å². The van der Waals surface area contributed by atoms with Gasteiger partial charge in [-0.25, -0.2) is 31.9 Å². The molecule has 0 radical (unpaired) electrons. The molecular weight excluding hydrogens is 496 g/mol. The highest BCUT2D eigenvalue weighted by Crippen LogP contribution is 2.47. The lowest BCUT2D eigenvalue weighted by Gasteiger charge is -2.33. The number of phenols is 1. The molecule has 0 saturated heterocycles. The van der Waals surface area contributed by atoms with Gasteiger partial charge in [0.15, 0.2) is 11.6 Å². The standard InChI is InChI=1S/C25H26ClF2N3O3S/c1-15-10-18(31-35(2,33)34)13-25(15,24-29-9-8-17(14-26)30-24)12-16-6-7-21(27)20(11-16)19-4-3-5-22(28)23(19)32/h3-9,11,15,18,31-32H,10,12-14H2,1-2H3/t15-,18-,25+/m0/s1. The molecule has 10 heteroatoms. The molecule has 1 heterocycles. The van der Waals surface area contributed by atoms with E-state index in [0.29, 0.717) is 30.8 Å². The minimum absolute atomic E-state index is 0.0246. The van der Waals surface area contributed by atoms with Crippen molar-refractivity contribution >= 4 is 21.6 Å². The summed E-state index contributed by atoms with van der Waals surface area (Å²) in [5.41, 5.74) is 0.823. The number of nitrogens with one attached hydrogen (secondary N) is 1. The van der Waals surface area contributed by atoms with Crippen molar-refractivity contribution in [2.75, 3.05) is 6.26 Å². The Bertz CT molecular complexity index is 1360. The van der Waals surface area contributed by atoms with Crippen molar-refractivity contribution < 1.29 is 22.3 Å². The second-order valence-electron chi connectivity index (χ2n) is 9.22. The van der Waals surface area contributed by atoms with Crippen LogP contribution in [0.2, 0.25) is 0 Å². The zero-order chi connectivity index (χ0) is 25.4. The van der Waals surface area contributed by atoms with Gasteiger partial charge in [0.1, 0.15) is 11.6 Å². The molecule has 2 aromatic carbocycles. The Morgan fingerprint density at radius 2 is 1.94 bits per heavy atom. The van der Waals surface area contributed by atoms with E-state index < -0.39 is 32.8 Å². The van der Waals surface area contributed by atoms with Crippen molar-refractivity contribution in [1.82, 2.24) is 14.7 Å². The van der Waals surface area contributed by atoms with Gasteiger partial charge in [-0.1, -0.05) is 25.1 Å². The number of rotatable bonds is 7. The van der Waals surface area contributed by atoms with Crippen molar-refractivity contribution in [1.29, 1.82) is 0 Å². The minimum Gasteiger partial charge on any atom is -0.504 e. The lowest BCUT2D eigenvalue weighted by Crippen LogP contribution is -2.37. The van der Waals surface area contributed by atoms with Crippen LogP contribution in [-0.2, 0) is 27.7 Å². The van der Waals surface area contributed by atoms with Crippen LogP contribution in [0.4, 0.5) is 8.78 Å². The number of alkyl halides is 1. The summed E-state index contributed by atoms with van der Waals surface area (Å²) >= 11 is 6.02. The lowest BCUT2D eigenvalue weighted by molar-refractivity contribution is 0.312. The van der Waals surface area contributed by atoms with Crippen LogP contribution < -0.4 is 4.72 Å². The second-order valence-corrected chi connectivity index (χ2v) is 11.3. The number of benzene rings is 2. The molecule has 0 spiro atoms. The average Bonchev–Trinajstić information content (AvgIpc) is 3.11. The van der Waals surface area contributed by atoms with Crippen LogP contribution in [0.3, 0.4) is 0 Å². The number of hydrogen-bond donors (Lipinski definition) is 2. The Hall–Kier alpha value is -2.62. The van der Waals surface area contributed by atoms with Crippen molar-refractivity contribution in [3.8, 4) is 16.9 Å². The normalized spacial score (nSPS) is 22.4. The van der Waals surface area contributed by atoms with E-state index in [4.69, 9.17) is 11.6 Å². The Kier molecular flexibility index (Phi) is 7.13. The summed E-state index contributed by atoms with van der Waals surface area (Å²) < 4.78 is 55.3. The fraction of sp³-hybridized carbons (Fsp3) is 0.360. The molecule has 1 aliphatic rings. The van der Waals surface area contributed by atoms with E-state index in [9.17, 15) is 22.3 Å². The van der Waals surface area contributed by atoms with E-state index in [0.717, 1.165) is 17.9 Å². The van der Waals surface area contributed by atoms with Gasteiger partial charge in [-0.15, -0.1) is 11.6 Å². The molecular formula is C25H26ClF2N3O3S. The maximum absolute atomic E-state index is 14.8. The molecule has 2 N–H and O–H groups in total. The Morgan fingerprint density at radius 3 is 2.66 bits per heavy atom. The van der Waals surface area contributed by atoms with Crippen LogP contribution in [0.5, 0.6) is 5.75 Å². The van der Waals surface area contributed by atoms with Gasteiger partial charge in [-0.3, -0.25) is 0 Å². The highest BCUT2D eigenvalue weighted by atomic mass is 35.5. The zero-order valence-corrected chi connectivity index (χ0v) is 20.9. The van der Waals surface area contributed by atoms with E-state index in [-0.39, 0.29) is 29.0 Å². The Labute approximate surface area is 208 Å². The number of hydrogen-bond acceptors (Lipinski definition) is 5. The molecule has 35 heavy (non-hydrogen) atoms. The van der Waals surface area contributed by atoms with Gasteiger partial charge in [0.2, 0.25) is 10.0 Å². The van der Waals surface area contributed by atoms with E-state index in [2.05, 4.69) is 14.7 Å². The molecule has 0 amide bonds. The predicted octanol–water partition coefficient (Wildman–Crippen LogP) is 4.69. The highest BCUT2D eigenvalue weighted by Gasteiger charge is 2.49. The maximum Gasteiger partial charge on any atom is 0.208 e. The molecule has 6 nitrogen and oxygen atoms in total. The van der Waals surface area contributed by atoms with E-state index in [1.54, 1.807) is 24.4 Å². The first-order valence-corrected chi connectivity index (χ1v) is 13.6. The summed E-state index contributed by atoms with van der Waals surface area (Å²) in [5, 5.41) is 10.2. The predicted molar refractivity (Wildman–Crippen MR) is 131 cm³/mol. The molecule has 0 bridgehead atoms. The molecule has 1 aliphatic carbocycles. The van der Waals surface area contributed by atoms with Gasteiger partial charge in [0.05, 0.1) is 17.8 Å². The van der Waals surface area contributed by atoms with Crippen LogP contribution in [-0.4, -0.2) is 35.8 Å². The van der Waals surface area contributed by atoms with Crippen LogP contribution in [0, 0.1) is 17.6 Å².